The fraction of sp³-hybridized carbons (Fsp3) is 0.0800. The van der Waals surface area contributed by atoms with Crippen molar-refractivity contribution in [3.8, 4) is 0 Å². The van der Waals surface area contributed by atoms with Crippen LogP contribution in [0.3, 0.4) is 0 Å². The highest BCUT2D eigenvalue weighted by Crippen LogP contribution is 2.33. The molecule has 4 aromatic rings. The number of ketones is 1. The van der Waals surface area contributed by atoms with Gasteiger partial charge in [-0.25, -0.2) is 0 Å². The van der Waals surface area contributed by atoms with Crippen molar-refractivity contribution in [3.63, 3.8) is 0 Å². The van der Waals surface area contributed by atoms with Gasteiger partial charge in [0.1, 0.15) is 0 Å². The maximum Gasteiger partial charge on any atom is 0.279 e. The molecule has 31 heavy (non-hydrogen) atoms. The van der Waals surface area contributed by atoms with Crippen LogP contribution in [-0.2, 0) is 0 Å². The van der Waals surface area contributed by atoms with Crippen LogP contribution in [0.1, 0.15) is 37.7 Å². The zero-order chi connectivity index (χ0) is 22.0. The summed E-state index contributed by atoms with van der Waals surface area (Å²) in [5.41, 5.74) is 2.69. The van der Waals surface area contributed by atoms with Gasteiger partial charge in [0.05, 0.1) is 21.8 Å². The van der Waals surface area contributed by atoms with Crippen molar-refractivity contribution in [2.75, 3.05) is 0 Å². The zero-order valence-corrected chi connectivity index (χ0v) is 18.6. The molecule has 4 rings (SSSR count). The molecule has 154 valence electrons. The lowest BCUT2D eigenvalue weighted by Crippen LogP contribution is -2.19. The lowest BCUT2D eigenvalue weighted by Gasteiger charge is -2.09. The number of carbonyl (C=O) groups is 2. The number of benzene rings is 3. The van der Waals surface area contributed by atoms with Gasteiger partial charge in [0.15, 0.2) is 5.78 Å². The molecular weight excluding hydrogens is 428 g/mol. The van der Waals surface area contributed by atoms with Crippen molar-refractivity contribution in [3.05, 3.63) is 112 Å². The third-order valence-electron chi connectivity index (χ3n) is 4.89. The Balaban J connectivity index is 1.70. The van der Waals surface area contributed by atoms with E-state index in [2.05, 4.69) is 5.10 Å². The molecule has 0 aliphatic rings. The Morgan fingerprint density at radius 2 is 1.45 bits per heavy atom. The SMILES string of the molecule is Cc1nn(C(=O)c2ccccc2C(=O)c2ccccc2)c(C)c1Sc1ccc(Cl)cc1. The highest BCUT2D eigenvalue weighted by molar-refractivity contribution is 7.99. The molecule has 0 bridgehead atoms. The van der Waals surface area contributed by atoms with Gasteiger partial charge in [0.25, 0.3) is 5.91 Å². The molecule has 6 heteroatoms. The zero-order valence-electron chi connectivity index (χ0n) is 17.0. The minimum atomic E-state index is -0.330. The van der Waals surface area contributed by atoms with E-state index in [4.69, 9.17) is 11.6 Å². The van der Waals surface area contributed by atoms with Crippen LogP contribution in [0.15, 0.2) is 88.7 Å². The number of halogens is 1. The standard InChI is InChI=1S/C25H19ClN2O2S/c1-16-24(31-20-14-12-19(26)13-15-20)17(2)28(27-16)25(30)22-11-7-6-10-21(22)23(29)18-8-4-3-5-9-18/h3-15H,1-2H3. The molecule has 0 radical (unpaired) electrons. The molecule has 0 saturated heterocycles. The highest BCUT2D eigenvalue weighted by Gasteiger charge is 2.23. The first-order valence-electron chi connectivity index (χ1n) is 9.69. The molecule has 0 fully saturated rings. The molecule has 4 nitrogen and oxygen atoms in total. The van der Waals surface area contributed by atoms with Crippen molar-refractivity contribution in [1.82, 2.24) is 9.78 Å². The predicted molar refractivity (Wildman–Crippen MR) is 123 cm³/mol. The lowest BCUT2D eigenvalue weighted by molar-refractivity contribution is 0.0931. The smallest absolute Gasteiger partial charge is 0.279 e. The largest absolute Gasteiger partial charge is 0.289 e. The van der Waals surface area contributed by atoms with Gasteiger partial charge in [0, 0.05) is 21.0 Å². The van der Waals surface area contributed by atoms with Gasteiger partial charge in [-0.05, 0) is 44.2 Å². The Morgan fingerprint density at radius 3 is 2.13 bits per heavy atom. The quantitative estimate of drug-likeness (QED) is 0.341. The highest BCUT2D eigenvalue weighted by atomic mass is 35.5. The van der Waals surface area contributed by atoms with Gasteiger partial charge in [-0.1, -0.05) is 71.9 Å². The van der Waals surface area contributed by atoms with Crippen LogP contribution in [-0.4, -0.2) is 21.5 Å². The summed E-state index contributed by atoms with van der Waals surface area (Å²) >= 11 is 7.51. The molecule has 0 aliphatic heterocycles. The summed E-state index contributed by atoms with van der Waals surface area (Å²) in [4.78, 5) is 28.3. The second-order valence-corrected chi connectivity index (χ2v) is 8.53. The third kappa shape index (κ3) is 4.33. The van der Waals surface area contributed by atoms with Crippen molar-refractivity contribution < 1.29 is 9.59 Å². The van der Waals surface area contributed by atoms with Gasteiger partial charge in [0.2, 0.25) is 0 Å². The first-order valence-corrected chi connectivity index (χ1v) is 10.9. The molecule has 0 spiro atoms. The number of aryl methyl sites for hydroxylation is 1. The topological polar surface area (TPSA) is 52.0 Å². The average molecular weight is 447 g/mol. The van der Waals surface area contributed by atoms with E-state index in [9.17, 15) is 9.59 Å². The van der Waals surface area contributed by atoms with Crippen molar-refractivity contribution in [2.45, 2.75) is 23.6 Å². The fourth-order valence-electron chi connectivity index (χ4n) is 3.32. The van der Waals surface area contributed by atoms with E-state index < -0.39 is 0 Å². The van der Waals surface area contributed by atoms with Crippen LogP contribution in [0.25, 0.3) is 0 Å². The van der Waals surface area contributed by atoms with Crippen LogP contribution >= 0.6 is 23.4 Å². The maximum atomic E-state index is 13.4. The summed E-state index contributed by atoms with van der Waals surface area (Å²) in [6.07, 6.45) is 0. The van der Waals surface area contributed by atoms with E-state index in [0.717, 1.165) is 21.2 Å². The van der Waals surface area contributed by atoms with Crippen molar-refractivity contribution in [1.29, 1.82) is 0 Å². The number of carbonyl (C=O) groups excluding carboxylic acids is 2. The summed E-state index contributed by atoms with van der Waals surface area (Å²) in [6, 6.07) is 23.3. The normalized spacial score (nSPS) is 10.8. The Morgan fingerprint density at radius 1 is 0.839 bits per heavy atom. The monoisotopic (exact) mass is 446 g/mol. The molecule has 0 amide bonds. The molecule has 0 N–H and O–H groups in total. The van der Waals surface area contributed by atoms with Gasteiger partial charge in [-0.3, -0.25) is 9.59 Å². The van der Waals surface area contributed by atoms with Gasteiger partial charge in [-0.15, -0.1) is 0 Å². The minimum Gasteiger partial charge on any atom is -0.289 e. The van der Waals surface area contributed by atoms with E-state index in [-0.39, 0.29) is 11.7 Å². The van der Waals surface area contributed by atoms with E-state index in [0.29, 0.717) is 21.7 Å². The second-order valence-electron chi connectivity index (χ2n) is 7.01. The molecule has 0 aliphatic carbocycles. The molecule has 3 aromatic carbocycles. The van der Waals surface area contributed by atoms with Gasteiger partial charge in [-0.2, -0.15) is 9.78 Å². The average Bonchev–Trinajstić information content (AvgIpc) is 3.08. The van der Waals surface area contributed by atoms with Crippen LogP contribution < -0.4 is 0 Å². The predicted octanol–water partition coefficient (Wildman–Crippen LogP) is 6.22. The molecule has 0 saturated carbocycles. The Kier molecular flexibility index (Phi) is 6.07. The second kappa shape index (κ2) is 8.92. The molecule has 1 aromatic heterocycles. The van der Waals surface area contributed by atoms with Gasteiger partial charge < -0.3 is 0 Å². The Labute approximate surface area is 189 Å². The number of rotatable bonds is 5. The van der Waals surface area contributed by atoms with E-state index in [1.54, 1.807) is 48.5 Å². The van der Waals surface area contributed by atoms with Crippen molar-refractivity contribution >= 4 is 35.1 Å². The van der Waals surface area contributed by atoms with Crippen LogP contribution in [0.4, 0.5) is 0 Å². The summed E-state index contributed by atoms with van der Waals surface area (Å²) in [5.74, 6) is -0.523. The fourth-order valence-corrected chi connectivity index (χ4v) is 4.38. The number of nitrogens with zero attached hydrogens (tertiary/aromatic N) is 2. The number of hydrogen-bond acceptors (Lipinski definition) is 4. The van der Waals surface area contributed by atoms with Crippen LogP contribution in [0, 0.1) is 13.8 Å². The van der Waals surface area contributed by atoms with Crippen molar-refractivity contribution in [2.24, 2.45) is 0 Å². The lowest BCUT2D eigenvalue weighted by atomic mass is 9.98. The van der Waals surface area contributed by atoms with E-state index in [1.807, 2.05) is 44.2 Å². The summed E-state index contributed by atoms with van der Waals surface area (Å²) < 4.78 is 1.38. The van der Waals surface area contributed by atoms with Crippen LogP contribution in [0.5, 0.6) is 0 Å². The minimum absolute atomic E-state index is 0.193. The maximum absolute atomic E-state index is 13.4. The Bertz CT molecular complexity index is 1260. The Hall–Kier alpha value is -3.15. The third-order valence-corrected chi connectivity index (χ3v) is 6.44. The summed E-state index contributed by atoms with van der Waals surface area (Å²) in [7, 11) is 0. The number of hydrogen-bond donors (Lipinski definition) is 0. The number of aromatic nitrogens is 2. The van der Waals surface area contributed by atoms with E-state index in [1.165, 1.54) is 16.4 Å². The molecule has 0 unspecified atom stereocenters. The first kappa shape index (κ1) is 21.1. The molecular formula is C25H19ClN2O2S. The van der Waals surface area contributed by atoms with Crippen LogP contribution in [0.2, 0.25) is 5.02 Å². The van der Waals surface area contributed by atoms with Gasteiger partial charge >= 0.3 is 0 Å². The summed E-state index contributed by atoms with van der Waals surface area (Å²) in [5, 5.41) is 5.15. The first-order chi connectivity index (χ1) is 15.0. The summed E-state index contributed by atoms with van der Waals surface area (Å²) in [6.45, 7) is 3.73. The van der Waals surface area contributed by atoms with E-state index >= 15 is 0 Å². The molecule has 0 atom stereocenters. The molecule has 1 heterocycles.